The van der Waals surface area contributed by atoms with Crippen molar-refractivity contribution in [2.75, 3.05) is 4.90 Å². The molecular weight excluding hydrogens is 589 g/mol. The molecule has 230 valence electrons. The summed E-state index contributed by atoms with van der Waals surface area (Å²) in [7, 11) is 0. The number of fused-ring (bicyclic) bond motifs is 6. The van der Waals surface area contributed by atoms with Crippen molar-refractivity contribution < 1.29 is 4.74 Å². The van der Waals surface area contributed by atoms with Gasteiger partial charge in [0, 0.05) is 45.9 Å². The average molecular weight is 621 g/mol. The maximum atomic E-state index is 6.51. The summed E-state index contributed by atoms with van der Waals surface area (Å²) in [4.78, 5) is 11.9. The molecule has 1 aliphatic rings. The smallest absolute Gasteiger partial charge is 0.145 e. The molecule has 48 heavy (non-hydrogen) atoms. The van der Waals surface area contributed by atoms with E-state index in [4.69, 9.17) is 9.72 Å². The molecule has 0 N–H and O–H groups in total. The third-order valence-electron chi connectivity index (χ3n) is 9.50. The van der Waals surface area contributed by atoms with Gasteiger partial charge in [0.2, 0.25) is 0 Å². The Kier molecular flexibility index (Phi) is 6.40. The first-order chi connectivity index (χ1) is 23.6. The molecule has 0 fully saturated rings. The van der Waals surface area contributed by atoms with Gasteiger partial charge in [-0.15, -0.1) is 0 Å². The predicted molar refractivity (Wildman–Crippen MR) is 195 cm³/mol. The van der Waals surface area contributed by atoms with Gasteiger partial charge in [0.25, 0.3) is 0 Å². The first-order valence-corrected chi connectivity index (χ1v) is 16.2. The first-order valence-electron chi connectivity index (χ1n) is 16.2. The van der Waals surface area contributed by atoms with Gasteiger partial charge in [-0.2, -0.15) is 0 Å². The third-order valence-corrected chi connectivity index (χ3v) is 9.50. The second-order valence-electron chi connectivity index (χ2n) is 12.7. The summed E-state index contributed by atoms with van der Waals surface area (Å²) >= 11 is 0. The number of pyridine rings is 2. The Balaban J connectivity index is 1.27. The summed E-state index contributed by atoms with van der Waals surface area (Å²) in [5.74, 6) is 1.49. The molecule has 5 heteroatoms. The van der Waals surface area contributed by atoms with Crippen LogP contribution in [-0.4, -0.2) is 14.5 Å². The molecule has 1 aliphatic heterocycles. The Morgan fingerprint density at radius 1 is 0.562 bits per heavy atom. The fourth-order valence-electron chi connectivity index (χ4n) is 7.28. The van der Waals surface area contributed by atoms with E-state index in [2.05, 4.69) is 125 Å². The minimum Gasteiger partial charge on any atom is -0.457 e. The second-order valence-corrected chi connectivity index (χ2v) is 12.7. The van der Waals surface area contributed by atoms with Crippen LogP contribution in [0.1, 0.15) is 25.0 Å². The molecule has 0 bridgehead atoms. The van der Waals surface area contributed by atoms with E-state index in [-0.39, 0.29) is 5.41 Å². The SMILES string of the molecule is CC1(C)c2ccccc2N(c2ccccc2)c2c1ccc1c3cccnc3n(-c3cccc(Oc4cccc(-c5ccccn5)c4)c3)c21. The van der Waals surface area contributed by atoms with Crippen LogP contribution in [0.2, 0.25) is 0 Å². The highest BCUT2D eigenvalue weighted by Crippen LogP contribution is 2.55. The Morgan fingerprint density at radius 2 is 1.31 bits per heavy atom. The molecule has 0 amide bonds. The lowest BCUT2D eigenvalue weighted by molar-refractivity contribution is 0.482. The highest BCUT2D eigenvalue weighted by Gasteiger charge is 2.39. The number of benzene rings is 5. The van der Waals surface area contributed by atoms with E-state index < -0.39 is 0 Å². The predicted octanol–water partition coefficient (Wildman–Crippen LogP) is 11.1. The van der Waals surface area contributed by atoms with Gasteiger partial charge in [-0.25, -0.2) is 4.98 Å². The van der Waals surface area contributed by atoms with Gasteiger partial charge in [-0.05, 0) is 77.9 Å². The molecule has 0 spiro atoms. The Morgan fingerprint density at radius 3 is 2.17 bits per heavy atom. The molecule has 0 atom stereocenters. The zero-order chi connectivity index (χ0) is 32.2. The number of rotatable bonds is 5. The number of para-hydroxylation sites is 2. The Labute approximate surface area is 279 Å². The zero-order valence-corrected chi connectivity index (χ0v) is 26.7. The lowest BCUT2D eigenvalue weighted by Crippen LogP contribution is -2.31. The zero-order valence-electron chi connectivity index (χ0n) is 26.7. The van der Waals surface area contributed by atoms with Crippen LogP contribution < -0.4 is 9.64 Å². The summed E-state index contributed by atoms with van der Waals surface area (Å²) in [5.41, 5.74) is 10.7. The van der Waals surface area contributed by atoms with E-state index in [0.29, 0.717) is 0 Å². The average Bonchev–Trinajstić information content (AvgIpc) is 3.48. The van der Waals surface area contributed by atoms with Gasteiger partial charge in [-0.1, -0.05) is 86.6 Å². The van der Waals surface area contributed by atoms with E-state index in [1.165, 1.54) is 16.8 Å². The topological polar surface area (TPSA) is 43.2 Å². The maximum absolute atomic E-state index is 6.51. The number of hydrogen-bond donors (Lipinski definition) is 0. The van der Waals surface area contributed by atoms with Crippen LogP contribution in [-0.2, 0) is 5.41 Å². The van der Waals surface area contributed by atoms with E-state index in [0.717, 1.165) is 61.8 Å². The van der Waals surface area contributed by atoms with Crippen LogP contribution in [0.4, 0.5) is 17.1 Å². The summed E-state index contributed by atoms with van der Waals surface area (Å²) in [6, 6.07) is 50.5. The quantitative estimate of drug-likeness (QED) is 0.192. The highest BCUT2D eigenvalue weighted by molar-refractivity contribution is 6.15. The summed E-state index contributed by atoms with van der Waals surface area (Å²) in [6.45, 7) is 4.66. The number of aromatic nitrogens is 3. The molecule has 8 aromatic rings. The van der Waals surface area contributed by atoms with Crippen molar-refractivity contribution in [1.29, 1.82) is 0 Å². The number of nitrogens with zero attached hydrogens (tertiary/aromatic N) is 4. The van der Waals surface area contributed by atoms with Crippen molar-refractivity contribution in [3.05, 3.63) is 169 Å². The molecular formula is C43H32N4O. The largest absolute Gasteiger partial charge is 0.457 e. The first kappa shape index (κ1) is 28.1. The van der Waals surface area contributed by atoms with Crippen molar-refractivity contribution in [2.24, 2.45) is 0 Å². The Bertz CT molecular complexity index is 2470. The van der Waals surface area contributed by atoms with Gasteiger partial charge in [0.15, 0.2) is 0 Å². The van der Waals surface area contributed by atoms with E-state index in [1.807, 2.05) is 60.9 Å². The monoisotopic (exact) mass is 620 g/mol. The fraction of sp³-hybridized carbons (Fsp3) is 0.0698. The molecule has 0 saturated heterocycles. The van der Waals surface area contributed by atoms with Crippen LogP contribution in [0.5, 0.6) is 11.5 Å². The second kappa shape index (κ2) is 11.0. The summed E-state index contributed by atoms with van der Waals surface area (Å²) in [6.07, 6.45) is 3.69. The fourth-order valence-corrected chi connectivity index (χ4v) is 7.28. The molecule has 5 nitrogen and oxygen atoms in total. The third kappa shape index (κ3) is 4.39. The minimum absolute atomic E-state index is 0.232. The van der Waals surface area contributed by atoms with Gasteiger partial charge >= 0.3 is 0 Å². The van der Waals surface area contributed by atoms with E-state index in [9.17, 15) is 0 Å². The summed E-state index contributed by atoms with van der Waals surface area (Å²) < 4.78 is 8.82. The molecule has 4 heterocycles. The summed E-state index contributed by atoms with van der Waals surface area (Å²) in [5, 5.41) is 2.26. The molecule has 9 rings (SSSR count). The van der Waals surface area contributed by atoms with Crippen molar-refractivity contribution in [3.8, 4) is 28.4 Å². The molecule has 0 saturated carbocycles. The molecule has 0 radical (unpaired) electrons. The molecule has 3 aromatic heterocycles. The minimum atomic E-state index is -0.232. The Hall–Kier alpha value is -6.20. The van der Waals surface area contributed by atoms with Gasteiger partial charge < -0.3 is 9.64 Å². The van der Waals surface area contributed by atoms with Crippen LogP contribution in [0, 0.1) is 0 Å². The molecule has 0 aliphatic carbocycles. The lowest BCUT2D eigenvalue weighted by atomic mass is 9.73. The standard InChI is InChI=1S/C43H32N4O/c1-43(2)36-20-6-7-22-39(36)46(30-14-4-3-5-15-30)41-37(43)24-23-34-35-19-12-26-45-42(35)47(40(34)41)31-16-11-18-33(28-31)48-32-17-10-13-29(27-32)38-21-8-9-25-44-38/h3-28H,1-2H3. The van der Waals surface area contributed by atoms with Gasteiger partial charge in [0.05, 0.1) is 28.3 Å². The van der Waals surface area contributed by atoms with Crippen LogP contribution in [0.3, 0.4) is 0 Å². The van der Waals surface area contributed by atoms with E-state index in [1.54, 1.807) is 0 Å². The normalized spacial score (nSPS) is 13.3. The van der Waals surface area contributed by atoms with Crippen LogP contribution in [0.25, 0.3) is 38.9 Å². The van der Waals surface area contributed by atoms with Gasteiger partial charge in [-0.3, -0.25) is 9.55 Å². The van der Waals surface area contributed by atoms with Crippen LogP contribution >= 0.6 is 0 Å². The highest BCUT2D eigenvalue weighted by atomic mass is 16.5. The maximum Gasteiger partial charge on any atom is 0.145 e. The van der Waals surface area contributed by atoms with Crippen molar-refractivity contribution in [3.63, 3.8) is 0 Å². The number of ether oxygens (including phenoxy) is 1. The lowest BCUT2D eigenvalue weighted by Gasteiger charge is -2.42. The van der Waals surface area contributed by atoms with Crippen molar-refractivity contribution >= 4 is 39.0 Å². The van der Waals surface area contributed by atoms with Gasteiger partial charge in [0.1, 0.15) is 17.1 Å². The number of anilines is 3. The van der Waals surface area contributed by atoms with Crippen LogP contribution in [0.15, 0.2) is 158 Å². The molecule has 5 aromatic carbocycles. The van der Waals surface area contributed by atoms with Crippen molar-refractivity contribution in [1.82, 2.24) is 14.5 Å². The number of hydrogen-bond acceptors (Lipinski definition) is 4. The van der Waals surface area contributed by atoms with Crippen molar-refractivity contribution in [2.45, 2.75) is 19.3 Å². The van der Waals surface area contributed by atoms with E-state index >= 15 is 0 Å². The molecule has 0 unspecified atom stereocenters.